The van der Waals surface area contributed by atoms with Crippen LogP contribution in [0.3, 0.4) is 0 Å². The predicted octanol–water partition coefficient (Wildman–Crippen LogP) is 9.45. The van der Waals surface area contributed by atoms with Gasteiger partial charge in [0.15, 0.2) is 0 Å². The number of rotatable bonds is 11. The second-order valence-electron chi connectivity index (χ2n) is 14.2. The minimum absolute atomic E-state index is 0.0379. The van der Waals surface area contributed by atoms with Crippen molar-refractivity contribution < 1.29 is 31.9 Å². The molecule has 7 aromatic rings. The largest absolute Gasteiger partial charge is 0.496 e. The van der Waals surface area contributed by atoms with Crippen LogP contribution in [0.15, 0.2) is 126 Å². The molecule has 0 heterocycles. The normalized spacial score (nSPS) is 12.1. The number of ether oxygens (including phenoxy) is 4. The van der Waals surface area contributed by atoms with Crippen molar-refractivity contribution >= 4 is 64.1 Å². The molecule has 0 bridgehead atoms. The fraction of sp³-hybridized carbons (Fsp3) is 0.156. The van der Waals surface area contributed by atoms with Gasteiger partial charge in [-0.2, -0.15) is 8.42 Å². The summed E-state index contributed by atoms with van der Waals surface area (Å²) in [5.41, 5.74) is 5.25. The van der Waals surface area contributed by atoms with Gasteiger partial charge < -0.3 is 18.9 Å². The molecule has 7 nitrogen and oxygen atoms in total. The zero-order valence-electron chi connectivity index (χ0n) is 31.9. The summed E-state index contributed by atoms with van der Waals surface area (Å²) >= 11 is 0. The Balaban J connectivity index is 1.62. The van der Waals surface area contributed by atoms with Gasteiger partial charge in [-0.25, -0.2) is 0 Å². The van der Waals surface area contributed by atoms with Crippen LogP contribution in [0.2, 0.25) is 19.6 Å². The van der Waals surface area contributed by atoms with E-state index in [2.05, 4.69) is 74.2 Å². The van der Waals surface area contributed by atoms with E-state index >= 15 is 0 Å². The maximum atomic E-state index is 13.1. The summed E-state index contributed by atoms with van der Waals surface area (Å²) in [7, 11) is -0.477. The highest BCUT2D eigenvalue weighted by atomic mass is 32.2. The summed E-state index contributed by atoms with van der Waals surface area (Å²) in [5, 5.41) is 5.95. The van der Waals surface area contributed by atoms with Gasteiger partial charge in [-0.05, 0) is 76.0 Å². The maximum absolute atomic E-state index is 13.1. The molecule has 0 saturated heterocycles. The van der Waals surface area contributed by atoms with Gasteiger partial charge >= 0.3 is 0 Å². The fourth-order valence-corrected chi connectivity index (χ4v) is 13.0. The Labute approximate surface area is 325 Å². The van der Waals surface area contributed by atoms with Crippen LogP contribution in [0.25, 0.3) is 54.9 Å². The monoisotopic (exact) mass is 786 g/mol. The first-order valence-corrected chi connectivity index (χ1v) is 23.7. The number of benzene rings is 7. The molecule has 0 radical (unpaired) electrons. The molecule has 1 atom stereocenters. The van der Waals surface area contributed by atoms with E-state index in [0.717, 1.165) is 54.9 Å². The molecule has 0 spiro atoms. The zero-order chi connectivity index (χ0) is 39.1. The smallest absolute Gasteiger partial charge is 0.295 e. The molecular formula is C45H43O7PSSi. The van der Waals surface area contributed by atoms with Crippen molar-refractivity contribution in [2.24, 2.45) is 0 Å². The van der Waals surface area contributed by atoms with E-state index < -0.39 is 18.2 Å². The molecule has 0 aromatic heterocycles. The highest BCUT2D eigenvalue weighted by Gasteiger charge is 2.31. The van der Waals surface area contributed by atoms with Crippen molar-refractivity contribution in [1.29, 1.82) is 0 Å². The molecule has 10 heteroatoms. The average Bonchev–Trinajstić information content (AvgIpc) is 3.18. The fourth-order valence-electron chi connectivity index (χ4n) is 7.56. The van der Waals surface area contributed by atoms with Crippen molar-refractivity contribution in [3.63, 3.8) is 0 Å². The lowest BCUT2D eigenvalue weighted by Gasteiger charge is -2.25. The van der Waals surface area contributed by atoms with Crippen molar-refractivity contribution in [2.75, 3.05) is 28.4 Å². The standard InChI is InChI=1S/C45H43O7PSSi/c1-49-35-25-22-28-14-8-10-16-30(28)41(35)32-18-12-19-33(42-31-17-11-9-15-29(31)23-26-36(42)50-2)40(32)34-24-27-37(51-3)44(43(34)52-4)53-38-20-13-21-39(55(5,6)7)45(38)54(46,47)48/h8-27,53H,1-7H3,(H,46,47,48). The summed E-state index contributed by atoms with van der Waals surface area (Å²) in [6, 6.07) is 40.1. The van der Waals surface area contributed by atoms with Crippen LogP contribution in [0, 0.1) is 0 Å². The molecule has 1 unspecified atom stereocenters. The van der Waals surface area contributed by atoms with Gasteiger partial charge in [0.05, 0.1) is 41.8 Å². The molecule has 0 fully saturated rings. The molecule has 280 valence electrons. The molecule has 0 aliphatic carbocycles. The Kier molecular flexibility index (Phi) is 10.5. The molecule has 1 N–H and O–H groups in total. The summed E-state index contributed by atoms with van der Waals surface area (Å²) in [6.45, 7) is 6.19. The Morgan fingerprint density at radius 1 is 0.527 bits per heavy atom. The van der Waals surface area contributed by atoms with Gasteiger partial charge in [-0.3, -0.25) is 4.55 Å². The molecular weight excluding hydrogens is 744 g/mol. The first kappa shape index (κ1) is 38.1. The first-order chi connectivity index (χ1) is 26.4. The van der Waals surface area contributed by atoms with E-state index in [1.165, 1.54) is 0 Å². The summed E-state index contributed by atoms with van der Waals surface area (Å²) < 4.78 is 61.5. The SMILES string of the molecule is COc1ccc(-c2c(-c3c(OC)ccc4ccccc34)cccc2-c2c(OC)ccc3ccccc23)c(OC)c1Pc1cccc([Si](C)(C)C)c1S(=O)(=O)O. The summed E-state index contributed by atoms with van der Waals surface area (Å²) in [5.74, 6) is 2.46. The van der Waals surface area contributed by atoms with Gasteiger partial charge in [0, 0.05) is 22.3 Å². The van der Waals surface area contributed by atoms with Gasteiger partial charge in [-0.1, -0.05) is 117 Å². The van der Waals surface area contributed by atoms with Crippen LogP contribution in [0.4, 0.5) is 0 Å². The Bertz CT molecular complexity index is 2600. The second kappa shape index (κ2) is 15.2. The third kappa shape index (κ3) is 6.98. The maximum Gasteiger partial charge on any atom is 0.295 e. The van der Waals surface area contributed by atoms with Gasteiger partial charge in [0.25, 0.3) is 10.1 Å². The van der Waals surface area contributed by atoms with Crippen LogP contribution in [-0.4, -0.2) is 49.5 Å². The number of fused-ring (bicyclic) bond motifs is 2. The van der Waals surface area contributed by atoms with E-state index in [0.29, 0.717) is 38.8 Å². The van der Waals surface area contributed by atoms with Crippen LogP contribution in [-0.2, 0) is 10.1 Å². The summed E-state index contributed by atoms with van der Waals surface area (Å²) in [4.78, 5) is -0.0379. The van der Waals surface area contributed by atoms with Crippen LogP contribution < -0.4 is 34.7 Å². The highest BCUT2D eigenvalue weighted by Crippen LogP contribution is 2.51. The van der Waals surface area contributed by atoms with Crippen LogP contribution in [0.5, 0.6) is 23.0 Å². The molecule has 7 rings (SSSR count). The van der Waals surface area contributed by atoms with Crippen LogP contribution in [0.1, 0.15) is 0 Å². The highest BCUT2D eigenvalue weighted by molar-refractivity contribution is 7.86. The minimum atomic E-state index is -4.58. The quantitative estimate of drug-likeness (QED) is 0.0794. The lowest BCUT2D eigenvalue weighted by atomic mass is 9.84. The average molecular weight is 787 g/mol. The predicted molar refractivity (Wildman–Crippen MR) is 231 cm³/mol. The number of hydrogen-bond donors (Lipinski definition) is 1. The van der Waals surface area contributed by atoms with Crippen molar-refractivity contribution in [2.45, 2.75) is 24.5 Å². The second-order valence-corrected chi connectivity index (χ2v) is 21.9. The lowest BCUT2D eigenvalue weighted by Crippen LogP contribution is -2.43. The Morgan fingerprint density at radius 2 is 1.04 bits per heavy atom. The van der Waals surface area contributed by atoms with Crippen LogP contribution >= 0.6 is 8.58 Å². The number of hydrogen-bond acceptors (Lipinski definition) is 6. The van der Waals surface area contributed by atoms with Gasteiger partial charge in [0.2, 0.25) is 0 Å². The van der Waals surface area contributed by atoms with E-state index in [-0.39, 0.29) is 13.5 Å². The Hall–Kier alpha value is -5.18. The van der Waals surface area contributed by atoms with Crippen molar-refractivity contribution in [3.8, 4) is 56.4 Å². The molecule has 0 aliphatic heterocycles. The van der Waals surface area contributed by atoms with E-state index in [1.807, 2.05) is 60.7 Å². The Morgan fingerprint density at radius 3 is 1.53 bits per heavy atom. The lowest BCUT2D eigenvalue weighted by molar-refractivity contribution is 0.402. The topological polar surface area (TPSA) is 91.3 Å². The van der Waals surface area contributed by atoms with E-state index in [1.54, 1.807) is 34.5 Å². The third-order valence-corrected chi connectivity index (χ3v) is 14.7. The van der Waals surface area contributed by atoms with Gasteiger partial charge in [0.1, 0.15) is 27.9 Å². The molecule has 0 aliphatic rings. The van der Waals surface area contributed by atoms with E-state index in [9.17, 15) is 13.0 Å². The van der Waals surface area contributed by atoms with Crippen molar-refractivity contribution in [3.05, 3.63) is 121 Å². The molecule has 0 saturated carbocycles. The zero-order valence-corrected chi connectivity index (χ0v) is 34.7. The molecule has 0 amide bonds. The molecule has 55 heavy (non-hydrogen) atoms. The third-order valence-electron chi connectivity index (χ3n) is 9.98. The summed E-state index contributed by atoms with van der Waals surface area (Å²) in [6.07, 6.45) is 0. The number of methoxy groups -OCH3 is 4. The minimum Gasteiger partial charge on any atom is -0.496 e. The first-order valence-electron chi connectivity index (χ1n) is 17.8. The van der Waals surface area contributed by atoms with Crippen molar-refractivity contribution in [1.82, 2.24) is 0 Å². The van der Waals surface area contributed by atoms with E-state index in [4.69, 9.17) is 18.9 Å². The van der Waals surface area contributed by atoms with Gasteiger partial charge in [-0.15, -0.1) is 0 Å². The molecule has 7 aromatic carbocycles.